The van der Waals surface area contributed by atoms with Crippen LogP contribution in [0.2, 0.25) is 0 Å². The summed E-state index contributed by atoms with van der Waals surface area (Å²) in [6.07, 6.45) is 2.69. The summed E-state index contributed by atoms with van der Waals surface area (Å²) in [4.78, 5) is 12.8. The van der Waals surface area contributed by atoms with E-state index in [1.54, 1.807) is 0 Å². The number of nitrogens with one attached hydrogen (secondary N) is 1. The molecule has 6 heteroatoms. The van der Waals surface area contributed by atoms with E-state index >= 15 is 0 Å². The standard InChI is InChI=1S/C21H27F2N3O/c1-5-13-11-21(6-2,7-3)15-9-8-10-16(17(13)15)24-20(27)14-12-26(4)25-18(14)19(22)23/h8-10,12-13,19H,5-7,11H2,1-4H3,(H,24,27). The Hall–Kier alpha value is -2.24. The Kier molecular flexibility index (Phi) is 5.36. The first-order valence-corrected chi connectivity index (χ1v) is 9.63. The molecule has 0 radical (unpaired) electrons. The fourth-order valence-electron chi connectivity index (χ4n) is 4.56. The van der Waals surface area contributed by atoms with Crippen LogP contribution in [0.5, 0.6) is 0 Å². The van der Waals surface area contributed by atoms with Gasteiger partial charge < -0.3 is 5.32 Å². The van der Waals surface area contributed by atoms with Crippen LogP contribution in [0.3, 0.4) is 0 Å². The van der Waals surface area contributed by atoms with Crippen LogP contribution in [0.1, 0.15) is 86.0 Å². The highest BCUT2D eigenvalue weighted by Gasteiger charge is 2.41. The van der Waals surface area contributed by atoms with Crippen LogP contribution in [-0.4, -0.2) is 15.7 Å². The molecule has 0 spiro atoms. The number of carbonyl (C=O) groups is 1. The predicted molar refractivity (Wildman–Crippen MR) is 102 cm³/mol. The maximum atomic E-state index is 13.2. The lowest BCUT2D eigenvalue weighted by Gasteiger charge is -2.28. The molecule has 1 N–H and O–H groups in total. The van der Waals surface area contributed by atoms with Crippen molar-refractivity contribution in [1.82, 2.24) is 9.78 Å². The number of anilines is 1. The summed E-state index contributed by atoms with van der Waals surface area (Å²) < 4.78 is 27.7. The van der Waals surface area contributed by atoms with Gasteiger partial charge in [0.1, 0.15) is 5.69 Å². The van der Waals surface area contributed by atoms with Crippen molar-refractivity contribution >= 4 is 11.6 Å². The monoisotopic (exact) mass is 375 g/mol. The molecule has 146 valence electrons. The van der Waals surface area contributed by atoms with Crippen molar-refractivity contribution < 1.29 is 13.6 Å². The maximum Gasteiger partial charge on any atom is 0.282 e. The molecule has 1 aromatic carbocycles. The van der Waals surface area contributed by atoms with Gasteiger partial charge in [0.05, 0.1) is 5.56 Å². The largest absolute Gasteiger partial charge is 0.322 e. The number of carbonyl (C=O) groups excluding carboxylic acids is 1. The van der Waals surface area contributed by atoms with Crippen LogP contribution in [0.25, 0.3) is 0 Å². The highest BCUT2D eigenvalue weighted by Crippen LogP contribution is 2.53. The van der Waals surface area contributed by atoms with Crippen LogP contribution >= 0.6 is 0 Å². The Morgan fingerprint density at radius 3 is 2.63 bits per heavy atom. The lowest BCUT2D eigenvalue weighted by molar-refractivity contribution is 0.101. The molecular formula is C21H27F2N3O. The number of hydrogen-bond donors (Lipinski definition) is 1. The van der Waals surface area contributed by atoms with Crippen LogP contribution < -0.4 is 5.32 Å². The number of benzene rings is 1. The quantitative estimate of drug-likeness (QED) is 0.718. The van der Waals surface area contributed by atoms with Crippen molar-refractivity contribution in [3.05, 3.63) is 46.8 Å². The van der Waals surface area contributed by atoms with Gasteiger partial charge in [-0.3, -0.25) is 9.48 Å². The highest BCUT2D eigenvalue weighted by atomic mass is 19.3. The Morgan fingerprint density at radius 1 is 1.33 bits per heavy atom. The number of nitrogens with zero attached hydrogens (tertiary/aromatic N) is 2. The first kappa shape index (κ1) is 19.5. The van der Waals surface area contributed by atoms with E-state index in [-0.39, 0.29) is 11.0 Å². The fraction of sp³-hybridized carbons (Fsp3) is 0.524. The average Bonchev–Trinajstić information content (AvgIpc) is 3.21. The lowest BCUT2D eigenvalue weighted by atomic mass is 9.76. The third-order valence-electron chi connectivity index (χ3n) is 6.13. The molecule has 4 nitrogen and oxygen atoms in total. The van der Waals surface area contributed by atoms with Crippen LogP contribution in [-0.2, 0) is 12.5 Å². The molecule has 1 unspecified atom stereocenters. The normalized spacial score (nSPS) is 18.0. The van der Waals surface area contributed by atoms with Crippen molar-refractivity contribution in [3.8, 4) is 0 Å². The smallest absolute Gasteiger partial charge is 0.282 e. The highest BCUT2D eigenvalue weighted by molar-refractivity contribution is 6.05. The number of amides is 1. The SMILES string of the molecule is CCC1CC(CC)(CC)c2cccc(NC(=O)c3cn(C)nc3C(F)F)c21. The zero-order chi connectivity index (χ0) is 19.8. The molecule has 1 heterocycles. The average molecular weight is 375 g/mol. The molecule has 0 aliphatic heterocycles. The molecule has 1 amide bonds. The van der Waals surface area contributed by atoms with E-state index in [4.69, 9.17) is 0 Å². The number of halogens is 2. The lowest BCUT2D eigenvalue weighted by Crippen LogP contribution is -2.21. The second-order valence-electron chi connectivity index (χ2n) is 7.42. The summed E-state index contributed by atoms with van der Waals surface area (Å²) in [5, 5.41) is 6.62. The zero-order valence-corrected chi connectivity index (χ0v) is 16.4. The summed E-state index contributed by atoms with van der Waals surface area (Å²) in [6.45, 7) is 6.58. The Bertz CT molecular complexity index is 840. The van der Waals surface area contributed by atoms with Crippen molar-refractivity contribution in [1.29, 1.82) is 0 Å². The molecular weight excluding hydrogens is 348 g/mol. The van der Waals surface area contributed by atoms with Gasteiger partial charge in [-0.05, 0) is 54.2 Å². The second kappa shape index (κ2) is 7.41. The molecule has 3 rings (SSSR count). The number of rotatable bonds is 6. The molecule has 0 bridgehead atoms. The van der Waals surface area contributed by atoms with Gasteiger partial charge in [0.15, 0.2) is 0 Å². The zero-order valence-electron chi connectivity index (χ0n) is 16.4. The molecule has 1 atom stereocenters. The van der Waals surface area contributed by atoms with Gasteiger partial charge >= 0.3 is 0 Å². The van der Waals surface area contributed by atoms with Crippen LogP contribution in [0, 0.1) is 0 Å². The minimum absolute atomic E-state index is 0.0756. The molecule has 1 aliphatic rings. The van der Waals surface area contributed by atoms with Gasteiger partial charge in [-0.1, -0.05) is 32.9 Å². The van der Waals surface area contributed by atoms with Crippen molar-refractivity contribution in [2.75, 3.05) is 5.32 Å². The van der Waals surface area contributed by atoms with E-state index in [9.17, 15) is 13.6 Å². The minimum Gasteiger partial charge on any atom is -0.322 e. The summed E-state index contributed by atoms with van der Waals surface area (Å²) in [5.74, 6) is -0.174. The molecule has 2 aromatic rings. The van der Waals surface area contributed by atoms with E-state index in [1.807, 2.05) is 12.1 Å². The topological polar surface area (TPSA) is 46.9 Å². The first-order valence-electron chi connectivity index (χ1n) is 9.63. The van der Waals surface area contributed by atoms with Gasteiger partial charge in [-0.15, -0.1) is 0 Å². The Labute approximate surface area is 159 Å². The van der Waals surface area contributed by atoms with Crippen molar-refractivity contribution in [3.63, 3.8) is 0 Å². The predicted octanol–water partition coefficient (Wildman–Crippen LogP) is 5.57. The Morgan fingerprint density at radius 2 is 2.04 bits per heavy atom. The summed E-state index contributed by atoms with van der Waals surface area (Å²) in [6, 6.07) is 5.98. The van der Waals surface area contributed by atoms with Gasteiger partial charge in [-0.25, -0.2) is 8.78 Å². The van der Waals surface area contributed by atoms with Crippen molar-refractivity contribution in [2.45, 2.75) is 64.2 Å². The number of hydrogen-bond acceptors (Lipinski definition) is 2. The number of fused-ring (bicyclic) bond motifs is 1. The third kappa shape index (κ3) is 3.26. The third-order valence-corrected chi connectivity index (χ3v) is 6.13. The summed E-state index contributed by atoms with van der Waals surface area (Å²) in [5.41, 5.74) is 2.76. The minimum atomic E-state index is -2.79. The molecule has 27 heavy (non-hydrogen) atoms. The summed E-state index contributed by atoms with van der Waals surface area (Å²) >= 11 is 0. The number of aryl methyl sites for hydroxylation is 1. The van der Waals surface area contributed by atoms with E-state index in [1.165, 1.54) is 29.1 Å². The summed E-state index contributed by atoms with van der Waals surface area (Å²) in [7, 11) is 1.53. The maximum absolute atomic E-state index is 13.2. The van der Waals surface area contributed by atoms with E-state index in [0.29, 0.717) is 5.92 Å². The molecule has 0 saturated heterocycles. The van der Waals surface area contributed by atoms with E-state index in [2.05, 4.69) is 37.3 Å². The van der Waals surface area contributed by atoms with Gasteiger partial charge in [-0.2, -0.15) is 5.10 Å². The molecule has 1 aliphatic carbocycles. The van der Waals surface area contributed by atoms with E-state index < -0.39 is 18.0 Å². The fourth-order valence-corrected chi connectivity index (χ4v) is 4.56. The Balaban J connectivity index is 2.01. The number of alkyl halides is 2. The molecule has 0 fully saturated rings. The van der Waals surface area contributed by atoms with Crippen LogP contribution in [0.4, 0.5) is 14.5 Å². The van der Waals surface area contributed by atoms with E-state index in [0.717, 1.165) is 31.4 Å². The van der Waals surface area contributed by atoms with Gasteiger partial charge in [0, 0.05) is 18.9 Å². The van der Waals surface area contributed by atoms with Crippen LogP contribution in [0.15, 0.2) is 24.4 Å². The molecule has 1 aromatic heterocycles. The van der Waals surface area contributed by atoms with Gasteiger partial charge in [0.25, 0.3) is 12.3 Å². The molecule has 0 saturated carbocycles. The van der Waals surface area contributed by atoms with Gasteiger partial charge in [0.2, 0.25) is 0 Å². The first-order chi connectivity index (χ1) is 12.9. The second-order valence-corrected chi connectivity index (χ2v) is 7.42. The van der Waals surface area contributed by atoms with Crippen molar-refractivity contribution in [2.24, 2.45) is 7.05 Å². The number of aromatic nitrogens is 2.